The third-order valence-corrected chi connectivity index (χ3v) is 9.67. The predicted octanol–water partition coefficient (Wildman–Crippen LogP) is 7.62. The lowest BCUT2D eigenvalue weighted by molar-refractivity contribution is -0.137. The van der Waals surface area contributed by atoms with E-state index in [0.29, 0.717) is 29.2 Å². The minimum Gasteiger partial charge on any atom is -0.481 e. The molecule has 2 aliphatic heterocycles. The van der Waals surface area contributed by atoms with Gasteiger partial charge >= 0.3 is 12.1 Å². The average Bonchev–Trinajstić information content (AvgIpc) is 3.39. The van der Waals surface area contributed by atoms with Crippen molar-refractivity contribution in [3.05, 3.63) is 76.9 Å². The summed E-state index contributed by atoms with van der Waals surface area (Å²) in [6, 6.07) is 15.3. The Labute approximate surface area is 305 Å². The van der Waals surface area contributed by atoms with Gasteiger partial charge in [-0.15, -0.1) is 0 Å². The zero-order chi connectivity index (χ0) is 37.6. The predicted molar refractivity (Wildman–Crippen MR) is 199 cm³/mol. The van der Waals surface area contributed by atoms with Crippen LogP contribution >= 0.6 is 0 Å². The number of carbonyl (C=O) groups is 3. The molecular weight excluding hydrogens is 666 g/mol. The Balaban J connectivity index is 1.23. The summed E-state index contributed by atoms with van der Waals surface area (Å²) < 4.78 is 35.3. The number of carboxylic acids is 1. The fourth-order valence-electron chi connectivity index (χ4n) is 6.81. The zero-order valence-electron chi connectivity index (χ0n) is 30.7. The number of carbonyl (C=O) groups excluding carboxylic acids is 2. The normalized spacial score (nSPS) is 18.4. The van der Waals surface area contributed by atoms with Crippen molar-refractivity contribution in [3.8, 4) is 11.8 Å². The van der Waals surface area contributed by atoms with Crippen LogP contribution in [0.15, 0.2) is 54.6 Å². The van der Waals surface area contributed by atoms with E-state index >= 15 is 8.78 Å². The number of likely N-dealkylation sites (tertiary alicyclic amines) is 2. The molecule has 2 amide bonds. The Morgan fingerprint density at radius 1 is 1.04 bits per heavy atom. The summed E-state index contributed by atoms with van der Waals surface area (Å²) in [6.07, 6.45) is 2.99. The molecule has 278 valence electrons. The van der Waals surface area contributed by atoms with Gasteiger partial charge in [-0.2, -0.15) is 0 Å². The Bertz CT molecular complexity index is 1840. The Hall–Kier alpha value is -4.69. The number of hydrogen-bond acceptors (Lipinski definition) is 6. The van der Waals surface area contributed by atoms with Crippen LogP contribution in [-0.4, -0.2) is 83.2 Å². The highest BCUT2D eigenvalue weighted by Gasteiger charge is 2.50. The van der Waals surface area contributed by atoms with Crippen molar-refractivity contribution in [2.45, 2.75) is 90.3 Å². The summed E-state index contributed by atoms with van der Waals surface area (Å²) >= 11 is 0. The summed E-state index contributed by atoms with van der Waals surface area (Å²) in [5.41, 5.74) is 2.48. The molecule has 2 saturated heterocycles. The second-order valence-electron chi connectivity index (χ2n) is 15.0. The van der Waals surface area contributed by atoms with Crippen LogP contribution in [0.2, 0.25) is 0 Å². The van der Waals surface area contributed by atoms with Crippen LogP contribution < -0.4 is 10.6 Å². The van der Waals surface area contributed by atoms with Crippen molar-refractivity contribution in [3.63, 3.8) is 0 Å². The van der Waals surface area contributed by atoms with Gasteiger partial charge in [0.05, 0.1) is 19.1 Å². The molecule has 2 atom stereocenters. The molecule has 2 fully saturated rings. The van der Waals surface area contributed by atoms with Gasteiger partial charge < -0.3 is 25.4 Å². The number of ether oxygens (including phenoxy) is 1. The number of amides is 2. The topological polar surface area (TPSA) is 111 Å². The number of benzene rings is 3. The highest BCUT2D eigenvalue weighted by atomic mass is 19.3. The van der Waals surface area contributed by atoms with Crippen LogP contribution in [0.4, 0.5) is 19.3 Å². The fraction of sp³-hybridized carbons (Fsp3) is 0.488. The summed E-state index contributed by atoms with van der Waals surface area (Å²) in [7, 11) is 0. The van der Waals surface area contributed by atoms with Gasteiger partial charge in [0.15, 0.2) is 0 Å². The van der Waals surface area contributed by atoms with Crippen LogP contribution in [0, 0.1) is 24.7 Å². The SMILES string of the molecule is Cc1ccc(N[C@H]2CN(C(=O)OC(C)(C)C)CC2(F)F)cc1C(=O)N[C@H](C)c1ccc(C#CC2CCN(CCCCC(=O)O)CC2)c2ccccc12. The van der Waals surface area contributed by atoms with E-state index in [1.807, 2.05) is 43.3 Å². The number of halogens is 2. The number of nitrogens with one attached hydrogen (secondary N) is 2. The molecule has 11 heteroatoms. The first-order valence-electron chi connectivity index (χ1n) is 18.1. The number of unbranched alkanes of at least 4 members (excludes halogenated alkanes) is 1. The molecule has 9 nitrogen and oxygen atoms in total. The number of rotatable bonds is 10. The zero-order valence-corrected chi connectivity index (χ0v) is 30.7. The first-order chi connectivity index (χ1) is 24.6. The second kappa shape index (κ2) is 16.3. The van der Waals surface area contributed by atoms with Crippen molar-refractivity contribution >= 4 is 34.4 Å². The molecule has 0 radical (unpaired) electrons. The smallest absolute Gasteiger partial charge is 0.410 e. The maximum Gasteiger partial charge on any atom is 0.410 e. The van der Waals surface area contributed by atoms with E-state index in [2.05, 4.69) is 27.4 Å². The van der Waals surface area contributed by atoms with Crippen molar-refractivity contribution in [1.82, 2.24) is 15.1 Å². The van der Waals surface area contributed by atoms with Gasteiger partial charge in [0, 0.05) is 29.2 Å². The van der Waals surface area contributed by atoms with Gasteiger partial charge in [-0.05, 0) is 120 Å². The van der Waals surface area contributed by atoms with Gasteiger partial charge in [0.2, 0.25) is 0 Å². The number of piperidine rings is 1. The van der Waals surface area contributed by atoms with E-state index in [1.54, 1.807) is 45.9 Å². The van der Waals surface area contributed by atoms with Crippen LogP contribution in [0.25, 0.3) is 10.8 Å². The molecule has 2 aliphatic rings. The average molecular weight is 717 g/mol. The minimum absolute atomic E-state index is 0.219. The van der Waals surface area contributed by atoms with Gasteiger partial charge in [0.25, 0.3) is 11.8 Å². The number of nitrogens with zero attached hydrogens (tertiary/aromatic N) is 2. The highest BCUT2D eigenvalue weighted by molar-refractivity contribution is 5.97. The number of aliphatic carboxylic acids is 1. The molecule has 0 saturated carbocycles. The third kappa shape index (κ3) is 10.0. The molecule has 52 heavy (non-hydrogen) atoms. The number of fused-ring (bicyclic) bond motifs is 1. The van der Waals surface area contributed by atoms with Crippen molar-refractivity contribution in [2.75, 3.05) is 38.0 Å². The number of aryl methyl sites for hydroxylation is 1. The quantitative estimate of drug-likeness (QED) is 0.146. The monoisotopic (exact) mass is 716 g/mol. The number of carboxylic acid groups (broad SMARTS) is 1. The number of hydrogen-bond donors (Lipinski definition) is 3. The lowest BCUT2D eigenvalue weighted by Crippen LogP contribution is -2.38. The standard InChI is InChI=1S/C41H50F2N4O5/c1-27-13-17-31(45-36-25-47(26-41(36,42)43)39(51)52-40(3,4)5)24-35(27)38(50)44-28(2)32-18-16-30(33-10-6-7-11-34(32)33)15-14-29-19-22-46(23-20-29)21-9-8-12-37(48)49/h6-7,10-11,13,16-18,24,28-29,36,45H,8-9,12,19-23,25-26H2,1-5H3,(H,44,50)(H,48,49)/t28-,36+/m1/s1. The lowest BCUT2D eigenvalue weighted by Gasteiger charge is -2.29. The summed E-state index contributed by atoms with van der Waals surface area (Å²) in [6.45, 7) is 10.6. The van der Waals surface area contributed by atoms with E-state index < -0.39 is 36.2 Å². The third-order valence-electron chi connectivity index (χ3n) is 9.67. The van der Waals surface area contributed by atoms with Crippen LogP contribution in [0.5, 0.6) is 0 Å². The van der Waals surface area contributed by atoms with Crippen LogP contribution in [0.3, 0.4) is 0 Å². The van der Waals surface area contributed by atoms with E-state index in [1.165, 1.54) is 0 Å². The van der Waals surface area contributed by atoms with E-state index in [4.69, 9.17) is 9.84 Å². The molecule has 3 aromatic carbocycles. The molecule has 3 aromatic rings. The van der Waals surface area contributed by atoms with E-state index in [0.717, 1.165) is 65.7 Å². The Kier molecular flexibility index (Phi) is 12.1. The second-order valence-corrected chi connectivity index (χ2v) is 15.0. The van der Waals surface area contributed by atoms with Crippen LogP contribution in [0.1, 0.15) is 92.9 Å². The van der Waals surface area contributed by atoms with Crippen molar-refractivity contribution in [2.24, 2.45) is 5.92 Å². The van der Waals surface area contributed by atoms with E-state index in [9.17, 15) is 14.4 Å². The highest BCUT2D eigenvalue weighted by Crippen LogP contribution is 2.32. The van der Waals surface area contributed by atoms with E-state index in [-0.39, 0.29) is 24.9 Å². The maximum absolute atomic E-state index is 15.0. The molecule has 3 N–H and O–H groups in total. The molecule has 0 aliphatic carbocycles. The summed E-state index contributed by atoms with van der Waals surface area (Å²) in [5, 5.41) is 16.8. The van der Waals surface area contributed by atoms with Gasteiger partial charge in [-0.25, -0.2) is 13.6 Å². The first kappa shape index (κ1) is 38.5. The van der Waals surface area contributed by atoms with Gasteiger partial charge in [-0.1, -0.05) is 48.2 Å². The largest absolute Gasteiger partial charge is 0.481 e. The van der Waals surface area contributed by atoms with Crippen LogP contribution in [-0.2, 0) is 9.53 Å². The first-order valence-corrected chi connectivity index (χ1v) is 18.1. The fourth-order valence-corrected chi connectivity index (χ4v) is 6.81. The minimum atomic E-state index is -3.19. The number of anilines is 1. The number of alkyl halides is 2. The molecule has 0 unspecified atom stereocenters. The summed E-state index contributed by atoms with van der Waals surface area (Å²) in [4.78, 5) is 40.3. The molecule has 0 aromatic heterocycles. The van der Waals surface area contributed by atoms with Gasteiger partial charge in [-0.3, -0.25) is 14.5 Å². The lowest BCUT2D eigenvalue weighted by atomic mass is 9.94. The molecule has 0 spiro atoms. The Morgan fingerprint density at radius 3 is 2.44 bits per heavy atom. The molecule has 0 bridgehead atoms. The molecule has 5 rings (SSSR count). The molecular formula is C41H50F2N4O5. The maximum atomic E-state index is 15.0. The summed E-state index contributed by atoms with van der Waals surface area (Å²) in [5.74, 6) is 2.95. The molecule has 2 heterocycles. The Morgan fingerprint density at radius 2 is 1.75 bits per heavy atom. The van der Waals surface area contributed by atoms with Crippen molar-refractivity contribution in [1.29, 1.82) is 0 Å². The van der Waals surface area contributed by atoms with Gasteiger partial charge in [0.1, 0.15) is 11.6 Å². The van der Waals surface area contributed by atoms with Crippen molar-refractivity contribution < 1.29 is 33.0 Å².